The zero-order valence-electron chi connectivity index (χ0n) is 24.0. The van der Waals surface area contributed by atoms with Gasteiger partial charge in [-0.15, -0.1) is 0 Å². The molecule has 2 aromatic carbocycles. The van der Waals surface area contributed by atoms with Gasteiger partial charge in [-0.05, 0) is 36.2 Å². The van der Waals surface area contributed by atoms with Crippen LogP contribution in [0.4, 0.5) is 14.5 Å². The highest BCUT2D eigenvalue weighted by atomic mass is 35.5. The van der Waals surface area contributed by atoms with E-state index < -0.39 is 30.3 Å². The molecule has 15 heteroatoms. The van der Waals surface area contributed by atoms with E-state index in [1.165, 1.54) is 36.5 Å². The van der Waals surface area contributed by atoms with Crippen LogP contribution in [0.25, 0.3) is 0 Å². The van der Waals surface area contributed by atoms with Crippen LogP contribution in [-0.4, -0.2) is 94.6 Å². The second-order valence-electron chi connectivity index (χ2n) is 10.7. The zero-order valence-corrected chi connectivity index (χ0v) is 24.7. The summed E-state index contributed by atoms with van der Waals surface area (Å²) >= 11 is 6.42. The maximum absolute atomic E-state index is 14.5. The molecular formula is C30H30ClF2N7O5. The molecule has 3 amide bonds. The minimum Gasteiger partial charge on any atom is -0.476 e. The number of piperidine rings is 1. The maximum atomic E-state index is 14.5. The Bertz CT molecular complexity index is 1640. The molecule has 0 radical (unpaired) electrons. The molecule has 2 aliphatic rings. The number of anilines is 1. The number of imidazole rings is 1. The average Bonchev–Trinajstić information content (AvgIpc) is 3.51. The number of ether oxygens (including phenoxy) is 1. The summed E-state index contributed by atoms with van der Waals surface area (Å²) in [5, 5.41) is 24.2. The largest absolute Gasteiger partial charge is 0.476 e. The lowest BCUT2D eigenvalue weighted by Gasteiger charge is -2.37. The predicted molar refractivity (Wildman–Crippen MR) is 158 cm³/mol. The number of benzene rings is 2. The number of aliphatic hydroxyl groups excluding tert-OH is 1. The topological polar surface area (TPSA) is 164 Å². The van der Waals surface area contributed by atoms with Crippen LogP contribution >= 0.6 is 11.6 Å². The molecule has 3 aromatic rings. The minimum atomic E-state index is -1.22. The Kier molecular flexibility index (Phi) is 9.92. The van der Waals surface area contributed by atoms with E-state index in [2.05, 4.69) is 20.6 Å². The number of aliphatic hydroxyl groups is 1. The molecule has 4 N–H and O–H groups in total. The number of nitrogens with zero attached hydrogens (tertiary/aromatic N) is 4. The second-order valence-corrected chi connectivity index (χ2v) is 11.1. The Labute approximate surface area is 261 Å². The number of amides is 3. The van der Waals surface area contributed by atoms with Crippen molar-refractivity contribution >= 4 is 35.0 Å². The first-order valence-corrected chi connectivity index (χ1v) is 14.6. The standard InChI is InChI=1S/C30H30ClF2N7O5/c31-23-13-19(2-3-22(23)30(44)40-8-6-39(7-9-40)29(43)18-12-21(41)16-35-14-18)38-28(42)27-36-15-20(37-27)11-17-1-4-24(45-10-5-34)26(33)25(17)32/h1-4,13,15,18,21,35,41H,6-12,14,16H2,(H,36,37)(H,38,42). The van der Waals surface area contributed by atoms with Crippen molar-refractivity contribution in [2.24, 2.45) is 5.92 Å². The van der Waals surface area contributed by atoms with E-state index in [-0.39, 0.29) is 51.9 Å². The monoisotopic (exact) mass is 641 g/mol. The first kappa shape index (κ1) is 31.8. The molecule has 1 aromatic heterocycles. The molecule has 2 atom stereocenters. The molecule has 236 valence electrons. The number of nitriles is 1. The summed E-state index contributed by atoms with van der Waals surface area (Å²) in [6, 6.07) is 8.68. The lowest BCUT2D eigenvalue weighted by atomic mass is 9.96. The molecule has 3 heterocycles. The van der Waals surface area contributed by atoms with Gasteiger partial charge in [-0.25, -0.2) is 9.37 Å². The zero-order chi connectivity index (χ0) is 32.1. The number of β-amino-alcohol motifs (C(OH)–C–C–N with tert-alkyl or cyclic N) is 1. The molecule has 2 aliphatic heterocycles. The molecule has 0 saturated carbocycles. The van der Waals surface area contributed by atoms with Crippen LogP contribution in [0.1, 0.15) is 38.7 Å². The number of rotatable bonds is 8. The van der Waals surface area contributed by atoms with Gasteiger partial charge in [0.2, 0.25) is 11.7 Å². The highest BCUT2D eigenvalue weighted by Crippen LogP contribution is 2.26. The maximum Gasteiger partial charge on any atom is 0.291 e. The van der Waals surface area contributed by atoms with Gasteiger partial charge in [0.1, 0.15) is 6.07 Å². The Hall–Kier alpha value is -4.58. The first-order chi connectivity index (χ1) is 21.6. The number of halogens is 3. The summed E-state index contributed by atoms with van der Waals surface area (Å²) in [6.07, 6.45) is 1.10. The Morgan fingerprint density at radius 1 is 1.11 bits per heavy atom. The number of carbonyl (C=O) groups is 3. The van der Waals surface area contributed by atoms with Gasteiger partial charge in [0, 0.05) is 63.3 Å². The third kappa shape index (κ3) is 7.39. The van der Waals surface area contributed by atoms with Crippen LogP contribution in [0.15, 0.2) is 36.5 Å². The molecular weight excluding hydrogens is 612 g/mol. The van der Waals surface area contributed by atoms with Crippen molar-refractivity contribution in [3.63, 3.8) is 0 Å². The van der Waals surface area contributed by atoms with Crippen LogP contribution in [0.2, 0.25) is 5.02 Å². The number of hydrogen-bond acceptors (Lipinski definition) is 8. The van der Waals surface area contributed by atoms with E-state index in [9.17, 15) is 28.3 Å². The Balaban J connectivity index is 1.15. The van der Waals surface area contributed by atoms with Gasteiger partial charge in [0.25, 0.3) is 11.8 Å². The number of hydrogen-bond donors (Lipinski definition) is 4. The van der Waals surface area contributed by atoms with Crippen LogP contribution in [-0.2, 0) is 11.2 Å². The fourth-order valence-electron chi connectivity index (χ4n) is 5.32. The lowest BCUT2D eigenvalue weighted by molar-refractivity contribution is -0.138. The van der Waals surface area contributed by atoms with E-state index in [1.807, 2.05) is 0 Å². The number of H-pyrrole nitrogens is 1. The summed E-state index contributed by atoms with van der Waals surface area (Å²) in [6.45, 7) is 1.98. The van der Waals surface area contributed by atoms with Gasteiger partial charge in [-0.3, -0.25) is 14.4 Å². The van der Waals surface area contributed by atoms with E-state index in [1.54, 1.807) is 15.9 Å². The van der Waals surface area contributed by atoms with Crippen molar-refractivity contribution in [2.45, 2.75) is 18.9 Å². The van der Waals surface area contributed by atoms with Crippen molar-refractivity contribution in [1.82, 2.24) is 25.1 Å². The fourth-order valence-corrected chi connectivity index (χ4v) is 5.58. The third-order valence-electron chi connectivity index (χ3n) is 7.66. The predicted octanol–water partition coefficient (Wildman–Crippen LogP) is 2.34. The molecule has 2 unspecified atom stereocenters. The molecule has 12 nitrogen and oxygen atoms in total. The van der Waals surface area contributed by atoms with Crippen LogP contribution in [0.3, 0.4) is 0 Å². The number of aromatic amines is 1. The molecule has 0 spiro atoms. The van der Waals surface area contributed by atoms with Gasteiger partial charge in [-0.1, -0.05) is 17.7 Å². The van der Waals surface area contributed by atoms with Crippen molar-refractivity contribution in [3.8, 4) is 11.8 Å². The number of carbonyl (C=O) groups excluding carboxylic acids is 3. The highest BCUT2D eigenvalue weighted by molar-refractivity contribution is 6.34. The van der Waals surface area contributed by atoms with Gasteiger partial charge >= 0.3 is 0 Å². The van der Waals surface area contributed by atoms with Crippen molar-refractivity contribution in [2.75, 3.05) is 51.2 Å². The number of nitrogens with one attached hydrogen (secondary N) is 3. The Morgan fingerprint density at radius 3 is 2.58 bits per heavy atom. The number of aromatic nitrogens is 2. The smallest absolute Gasteiger partial charge is 0.291 e. The number of piperazine rings is 1. The molecule has 0 aliphatic carbocycles. The van der Waals surface area contributed by atoms with E-state index in [0.29, 0.717) is 57.1 Å². The van der Waals surface area contributed by atoms with Crippen LogP contribution in [0.5, 0.6) is 5.75 Å². The molecule has 2 saturated heterocycles. The van der Waals surface area contributed by atoms with Crippen molar-refractivity contribution in [3.05, 3.63) is 75.8 Å². The normalized spacial score (nSPS) is 18.3. The van der Waals surface area contributed by atoms with Gasteiger partial charge < -0.3 is 35.3 Å². The SMILES string of the molecule is N#CCOc1ccc(Cc2cnc(C(=O)Nc3ccc(C(=O)N4CCN(C(=O)C5CNCC(O)C5)CC4)c(Cl)c3)[nH]2)c(F)c1F. The van der Waals surface area contributed by atoms with Gasteiger partial charge in [0.05, 0.1) is 22.6 Å². The van der Waals surface area contributed by atoms with E-state index >= 15 is 0 Å². The summed E-state index contributed by atoms with van der Waals surface area (Å²) in [7, 11) is 0. The summed E-state index contributed by atoms with van der Waals surface area (Å²) in [4.78, 5) is 48.9. The van der Waals surface area contributed by atoms with Crippen LogP contribution in [0, 0.1) is 28.9 Å². The molecule has 5 rings (SSSR count). The van der Waals surface area contributed by atoms with Gasteiger partial charge in [0.15, 0.2) is 24.0 Å². The van der Waals surface area contributed by atoms with E-state index in [0.717, 1.165) is 0 Å². The second kappa shape index (κ2) is 14.0. The summed E-state index contributed by atoms with van der Waals surface area (Å²) in [5.41, 5.74) is 0.888. The first-order valence-electron chi connectivity index (χ1n) is 14.2. The van der Waals surface area contributed by atoms with Crippen molar-refractivity contribution in [1.29, 1.82) is 5.26 Å². The van der Waals surface area contributed by atoms with Crippen molar-refractivity contribution < 1.29 is 33.0 Å². The average molecular weight is 642 g/mol. The summed E-state index contributed by atoms with van der Waals surface area (Å²) < 4.78 is 33.6. The lowest BCUT2D eigenvalue weighted by Crippen LogP contribution is -2.54. The quantitative estimate of drug-likeness (QED) is 0.291. The molecule has 2 fully saturated rings. The highest BCUT2D eigenvalue weighted by Gasteiger charge is 2.32. The fraction of sp³-hybridized carbons (Fsp3) is 0.367. The minimum absolute atomic E-state index is 0.00572. The molecule has 0 bridgehead atoms. The van der Waals surface area contributed by atoms with E-state index in [4.69, 9.17) is 21.6 Å². The van der Waals surface area contributed by atoms with Crippen LogP contribution < -0.4 is 15.4 Å². The summed E-state index contributed by atoms with van der Waals surface area (Å²) in [5.74, 6) is -4.06. The Morgan fingerprint density at radius 2 is 1.87 bits per heavy atom. The molecule has 45 heavy (non-hydrogen) atoms. The van der Waals surface area contributed by atoms with Gasteiger partial charge in [-0.2, -0.15) is 9.65 Å². The third-order valence-corrected chi connectivity index (χ3v) is 7.97.